The van der Waals surface area contributed by atoms with Crippen molar-refractivity contribution in [3.05, 3.63) is 71.8 Å². The van der Waals surface area contributed by atoms with Gasteiger partial charge < -0.3 is 9.64 Å². The topological polar surface area (TPSA) is 29.5 Å². The third kappa shape index (κ3) is 3.34. The molecule has 3 heteroatoms. The Bertz CT molecular complexity index is 662. The van der Waals surface area contributed by atoms with Gasteiger partial charge in [-0.1, -0.05) is 60.7 Å². The van der Waals surface area contributed by atoms with E-state index in [4.69, 9.17) is 4.74 Å². The van der Waals surface area contributed by atoms with Gasteiger partial charge in [0, 0.05) is 12.1 Å². The molecule has 3 atom stereocenters. The van der Waals surface area contributed by atoms with E-state index in [9.17, 15) is 4.79 Å². The number of esters is 1. The molecule has 4 rings (SSSR count). The van der Waals surface area contributed by atoms with Crippen LogP contribution >= 0.6 is 0 Å². The molecule has 0 spiro atoms. The Morgan fingerprint density at radius 1 is 0.920 bits per heavy atom. The summed E-state index contributed by atoms with van der Waals surface area (Å²) in [5, 5.41) is 0. The van der Waals surface area contributed by atoms with Gasteiger partial charge in [0.1, 0.15) is 12.0 Å². The Hall–Kier alpha value is -2.13. The van der Waals surface area contributed by atoms with Gasteiger partial charge in [0.05, 0.1) is 0 Å². The molecule has 0 amide bonds. The van der Waals surface area contributed by atoms with Crippen LogP contribution in [0, 0.1) is 0 Å². The number of nitrogens with zero attached hydrogens (tertiary/aromatic N) is 1. The number of hydrogen-bond acceptors (Lipinski definition) is 3. The SMILES string of the molecule is CN1[C@@H]2CC[C@H]1C[C@@H](OC(=O)C(c1ccccc1)c1ccccc1)C2. The van der Waals surface area contributed by atoms with Gasteiger partial charge in [0.2, 0.25) is 0 Å². The summed E-state index contributed by atoms with van der Waals surface area (Å²) in [6.45, 7) is 0. The van der Waals surface area contributed by atoms with Crippen molar-refractivity contribution in [2.75, 3.05) is 7.05 Å². The molecule has 2 aliphatic rings. The Labute approximate surface area is 149 Å². The van der Waals surface area contributed by atoms with E-state index in [1.165, 1.54) is 12.8 Å². The lowest BCUT2D eigenvalue weighted by molar-refractivity contribution is -0.153. The average molecular weight is 335 g/mol. The van der Waals surface area contributed by atoms with Gasteiger partial charge in [0.25, 0.3) is 0 Å². The third-order valence-electron chi connectivity index (χ3n) is 5.84. The number of carbonyl (C=O) groups is 1. The maximum atomic E-state index is 13.1. The number of benzene rings is 2. The minimum atomic E-state index is -0.347. The monoisotopic (exact) mass is 335 g/mol. The fraction of sp³-hybridized carbons (Fsp3) is 0.409. The summed E-state index contributed by atoms with van der Waals surface area (Å²) in [4.78, 5) is 15.6. The molecule has 2 heterocycles. The van der Waals surface area contributed by atoms with E-state index in [1.807, 2.05) is 60.7 Å². The zero-order valence-electron chi connectivity index (χ0n) is 14.7. The molecule has 3 nitrogen and oxygen atoms in total. The average Bonchev–Trinajstić information content (AvgIpc) is 2.84. The summed E-state index contributed by atoms with van der Waals surface area (Å²) in [7, 11) is 2.21. The molecule has 0 saturated carbocycles. The molecule has 130 valence electrons. The maximum absolute atomic E-state index is 13.1. The van der Waals surface area contributed by atoms with Crippen LogP contribution in [0.15, 0.2) is 60.7 Å². The maximum Gasteiger partial charge on any atom is 0.318 e. The summed E-state index contributed by atoms with van der Waals surface area (Å²) >= 11 is 0. The van der Waals surface area contributed by atoms with E-state index in [1.54, 1.807) is 0 Å². The van der Waals surface area contributed by atoms with Crippen molar-refractivity contribution in [1.29, 1.82) is 0 Å². The van der Waals surface area contributed by atoms with Crippen LogP contribution in [0.5, 0.6) is 0 Å². The van der Waals surface area contributed by atoms with Crippen LogP contribution < -0.4 is 0 Å². The zero-order chi connectivity index (χ0) is 17.2. The van der Waals surface area contributed by atoms with Gasteiger partial charge in [-0.3, -0.25) is 4.79 Å². The number of hydrogen-bond donors (Lipinski definition) is 0. The van der Waals surface area contributed by atoms with Crippen LogP contribution in [-0.2, 0) is 9.53 Å². The number of carbonyl (C=O) groups excluding carboxylic acids is 1. The molecule has 2 fully saturated rings. The predicted octanol–water partition coefficient (Wildman–Crippen LogP) is 3.99. The van der Waals surface area contributed by atoms with Crippen molar-refractivity contribution in [3.63, 3.8) is 0 Å². The molecular formula is C22H25NO2. The molecule has 0 radical (unpaired) electrons. The van der Waals surface area contributed by atoms with Crippen LogP contribution in [0.1, 0.15) is 42.7 Å². The van der Waals surface area contributed by atoms with E-state index < -0.39 is 0 Å². The second kappa shape index (κ2) is 7.01. The van der Waals surface area contributed by atoms with Crippen molar-refractivity contribution >= 4 is 5.97 Å². The smallest absolute Gasteiger partial charge is 0.318 e. The Kier molecular flexibility index (Phi) is 4.58. The summed E-state index contributed by atoms with van der Waals surface area (Å²) in [5.41, 5.74) is 1.99. The van der Waals surface area contributed by atoms with E-state index >= 15 is 0 Å². The Morgan fingerprint density at radius 2 is 1.40 bits per heavy atom. The molecule has 2 aromatic rings. The first-order valence-electron chi connectivity index (χ1n) is 9.24. The molecular weight excluding hydrogens is 310 g/mol. The second-order valence-corrected chi connectivity index (χ2v) is 7.34. The minimum Gasteiger partial charge on any atom is -0.462 e. The van der Waals surface area contributed by atoms with Crippen molar-refractivity contribution in [2.45, 2.75) is 49.8 Å². The van der Waals surface area contributed by atoms with Crippen molar-refractivity contribution in [1.82, 2.24) is 4.90 Å². The van der Waals surface area contributed by atoms with Gasteiger partial charge in [-0.05, 0) is 43.9 Å². The highest BCUT2D eigenvalue weighted by atomic mass is 16.5. The first-order valence-corrected chi connectivity index (χ1v) is 9.24. The van der Waals surface area contributed by atoms with Gasteiger partial charge in [0.15, 0.2) is 0 Å². The number of rotatable bonds is 4. The zero-order valence-corrected chi connectivity index (χ0v) is 14.7. The van der Waals surface area contributed by atoms with Gasteiger partial charge >= 0.3 is 5.97 Å². The second-order valence-electron chi connectivity index (χ2n) is 7.34. The molecule has 0 unspecified atom stereocenters. The Morgan fingerprint density at radius 3 is 1.88 bits per heavy atom. The highest BCUT2D eigenvalue weighted by Gasteiger charge is 2.40. The lowest BCUT2D eigenvalue weighted by Crippen LogP contribution is -2.43. The van der Waals surface area contributed by atoms with E-state index in [2.05, 4.69) is 11.9 Å². The van der Waals surface area contributed by atoms with Gasteiger partial charge in [-0.15, -0.1) is 0 Å². The first-order chi connectivity index (χ1) is 12.2. The molecule has 25 heavy (non-hydrogen) atoms. The molecule has 2 bridgehead atoms. The van der Waals surface area contributed by atoms with Crippen LogP contribution in [0.2, 0.25) is 0 Å². The quantitative estimate of drug-likeness (QED) is 0.791. The summed E-state index contributed by atoms with van der Waals surface area (Å²) < 4.78 is 6.03. The van der Waals surface area contributed by atoms with Crippen LogP contribution in [0.25, 0.3) is 0 Å². The molecule has 2 aliphatic heterocycles. The van der Waals surface area contributed by atoms with Crippen molar-refractivity contribution in [2.24, 2.45) is 0 Å². The van der Waals surface area contributed by atoms with Gasteiger partial charge in [-0.2, -0.15) is 0 Å². The standard InChI is InChI=1S/C22H25NO2/c1-23-18-12-13-19(23)15-20(14-18)25-22(24)21(16-8-4-2-5-9-16)17-10-6-3-7-11-17/h2-11,18-21H,12-15H2,1H3/t18-,19+,20+. The van der Waals surface area contributed by atoms with E-state index in [0.29, 0.717) is 12.1 Å². The number of fused-ring (bicyclic) bond motifs is 2. The van der Waals surface area contributed by atoms with Crippen LogP contribution in [0.3, 0.4) is 0 Å². The third-order valence-corrected chi connectivity index (χ3v) is 5.84. The van der Waals surface area contributed by atoms with E-state index in [0.717, 1.165) is 24.0 Å². The summed E-state index contributed by atoms with van der Waals surface area (Å²) in [6, 6.07) is 21.1. The molecule has 2 aromatic carbocycles. The molecule has 2 saturated heterocycles. The largest absolute Gasteiger partial charge is 0.462 e. The fourth-order valence-corrected chi connectivity index (χ4v) is 4.45. The fourth-order valence-electron chi connectivity index (χ4n) is 4.45. The van der Waals surface area contributed by atoms with E-state index in [-0.39, 0.29) is 18.0 Å². The summed E-state index contributed by atoms with van der Waals surface area (Å²) in [6.07, 6.45) is 4.45. The Balaban J connectivity index is 1.55. The lowest BCUT2D eigenvalue weighted by atomic mass is 9.91. The van der Waals surface area contributed by atoms with Crippen molar-refractivity contribution < 1.29 is 9.53 Å². The molecule has 0 aromatic heterocycles. The molecule has 0 aliphatic carbocycles. The number of piperidine rings is 1. The van der Waals surface area contributed by atoms with Crippen molar-refractivity contribution in [3.8, 4) is 0 Å². The minimum absolute atomic E-state index is 0.0520. The summed E-state index contributed by atoms with van der Waals surface area (Å²) in [5.74, 6) is -0.467. The highest BCUT2D eigenvalue weighted by Crippen LogP contribution is 2.36. The van der Waals surface area contributed by atoms with Crippen LogP contribution in [0.4, 0.5) is 0 Å². The lowest BCUT2D eigenvalue weighted by Gasteiger charge is -2.36. The first kappa shape index (κ1) is 16.3. The normalized spacial score (nSPS) is 25.9. The number of ether oxygens (including phenoxy) is 1. The molecule has 0 N–H and O–H groups in total. The van der Waals surface area contributed by atoms with Crippen LogP contribution in [-0.4, -0.2) is 36.1 Å². The van der Waals surface area contributed by atoms with Gasteiger partial charge in [-0.25, -0.2) is 0 Å². The highest BCUT2D eigenvalue weighted by molar-refractivity contribution is 5.82. The predicted molar refractivity (Wildman–Crippen MR) is 98.4 cm³/mol.